The summed E-state index contributed by atoms with van der Waals surface area (Å²) in [5, 5.41) is 11.8. The Morgan fingerprint density at radius 3 is 3.06 bits per heavy atom. The van der Waals surface area contributed by atoms with Gasteiger partial charge in [-0.1, -0.05) is 0 Å². The van der Waals surface area contributed by atoms with Crippen molar-refractivity contribution >= 4 is 5.91 Å². The molecule has 0 aromatic rings. The van der Waals surface area contributed by atoms with Gasteiger partial charge in [-0.05, 0) is 6.92 Å². The van der Waals surface area contributed by atoms with Crippen LogP contribution < -0.4 is 5.32 Å². The number of carbonyl (C=O) groups is 1. The monoisotopic (exact) mass is 224 g/mol. The SMILES string of the molecule is CC1CN(CC(=O)N(C)CCC#N)CCN1. The molecule has 1 saturated heterocycles. The van der Waals surface area contributed by atoms with Crippen molar-refractivity contribution in [2.24, 2.45) is 0 Å². The molecule has 0 radical (unpaired) electrons. The smallest absolute Gasteiger partial charge is 0.236 e. The summed E-state index contributed by atoms with van der Waals surface area (Å²) in [6.07, 6.45) is 0.403. The average molecular weight is 224 g/mol. The van der Waals surface area contributed by atoms with Crippen molar-refractivity contribution in [1.82, 2.24) is 15.1 Å². The fraction of sp³-hybridized carbons (Fsp3) is 0.818. The lowest BCUT2D eigenvalue weighted by atomic mass is 10.2. The van der Waals surface area contributed by atoms with Crippen LogP contribution in [0.5, 0.6) is 0 Å². The van der Waals surface area contributed by atoms with E-state index in [1.807, 2.05) is 6.07 Å². The van der Waals surface area contributed by atoms with Gasteiger partial charge in [0.25, 0.3) is 0 Å². The third-order valence-corrected chi connectivity index (χ3v) is 2.80. The molecule has 90 valence electrons. The summed E-state index contributed by atoms with van der Waals surface area (Å²) in [6.45, 7) is 5.89. The van der Waals surface area contributed by atoms with Gasteiger partial charge in [0.1, 0.15) is 0 Å². The minimum absolute atomic E-state index is 0.101. The van der Waals surface area contributed by atoms with Gasteiger partial charge in [-0.25, -0.2) is 0 Å². The van der Waals surface area contributed by atoms with E-state index in [4.69, 9.17) is 5.26 Å². The van der Waals surface area contributed by atoms with E-state index >= 15 is 0 Å². The van der Waals surface area contributed by atoms with Crippen LogP contribution in [0.4, 0.5) is 0 Å². The molecule has 1 fully saturated rings. The molecule has 0 aromatic heterocycles. The van der Waals surface area contributed by atoms with Crippen molar-refractivity contribution in [2.75, 3.05) is 39.8 Å². The van der Waals surface area contributed by atoms with Gasteiger partial charge in [-0.2, -0.15) is 5.26 Å². The fourth-order valence-electron chi connectivity index (χ4n) is 1.81. The van der Waals surface area contributed by atoms with Crippen LogP contribution in [-0.4, -0.2) is 61.5 Å². The van der Waals surface area contributed by atoms with E-state index < -0.39 is 0 Å². The number of carbonyl (C=O) groups excluding carboxylic acids is 1. The molecule has 1 rings (SSSR count). The van der Waals surface area contributed by atoms with Gasteiger partial charge in [0.05, 0.1) is 19.0 Å². The van der Waals surface area contributed by atoms with Gasteiger partial charge in [-0.3, -0.25) is 9.69 Å². The molecule has 0 spiro atoms. The zero-order chi connectivity index (χ0) is 12.0. The molecule has 1 aliphatic heterocycles. The van der Waals surface area contributed by atoms with Crippen LogP contribution in [0, 0.1) is 11.3 Å². The van der Waals surface area contributed by atoms with Crippen molar-refractivity contribution in [3.05, 3.63) is 0 Å². The molecule has 0 aromatic carbocycles. The predicted molar refractivity (Wildman–Crippen MR) is 61.8 cm³/mol. The molecule has 1 aliphatic rings. The zero-order valence-corrected chi connectivity index (χ0v) is 10.1. The Balaban J connectivity index is 2.30. The van der Waals surface area contributed by atoms with Crippen molar-refractivity contribution in [3.63, 3.8) is 0 Å². The molecule has 1 heterocycles. The first kappa shape index (κ1) is 12.9. The Bertz CT molecular complexity index is 274. The molecule has 1 atom stereocenters. The van der Waals surface area contributed by atoms with Gasteiger partial charge >= 0.3 is 0 Å². The Labute approximate surface area is 97.0 Å². The second-order valence-electron chi connectivity index (χ2n) is 4.31. The predicted octanol–water partition coefficient (Wildman–Crippen LogP) is -0.348. The summed E-state index contributed by atoms with van der Waals surface area (Å²) in [4.78, 5) is 15.6. The average Bonchev–Trinajstić information content (AvgIpc) is 2.25. The Kier molecular flexibility index (Phi) is 5.23. The highest BCUT2D eigenvalue weighted by atomic mass is 16.2. The first-order valence-corrected chi connectivity index (χ1v) is 5.70. The molecule has 0 bridgehead atoms. The normalized spacial score (nSPS) is 21.4. The number of rotatable bonds is 4. The summed E-state index contributed by atoms with van der Waals surface area (Å²) in [5.41, 5.74) is 0. The van der Waals surface area contributed by atoms with Crippen LogP contribution >= 0.6 is 0 Å². The van der Waals surface area contributed by atoms with Crippen LogP contribution in [-0.2, 0) is 4.79 Å². The van der Waals surface area contributed by atoms with E-state index in [9.17, 15) is 4.79 Å². The van der Waals surface area contributed by atoms with Gasteiger partial charge in [0, 0.05) is 39.3 Å². The van der Waals surface area contributed by atoms with Crippen LogP contribution in [0.25, 0.3) is 0 Å². The van der Waals surface area contributed by atoms with Crippen molar-refractivity contribution in [3.8, 4) is 6.07 Å². The molecule has 1 unspecified atom stereocenters. The number of nitrogens with zero attached hydrogens (tertiary/aromatic N) is 3. The lowest BCUT2D eigenvalue weighted by Crippen LogP contribution is -2.52. The largest absolute Gasteiger partial charge is 0.344 e. The summed E-state index contributed by atoms with van der Waals surface area (Å²) in [7, 11) is 1.76. The maximum Gasteiger partial charge on any atom is 0.236 e. The summed E-state index contributed by atoms with van der Waals surface area (Å²) < 4.78 is 0. The Morgan fingerprint density at radius 1 is 1.69 bits per heavy atom. The van der Waals surface area contributed by atoms with Crippen molar-refractivity contribution in [2.45, 2.75) is 19.4 Å². The number of nitrogens with one attached hydrogen (secondary N) is 1. The van der Waals surface area contributed by atoms with Crippen molar-refractivity contribution < 1.29 is 4.79 Å². The number of amides is 1. The molecule has 1 N–H and O–H groups in total. The molecule has 5 nitrogen and oxygen atoms in total. The topological polar surface area (TPSA) is 59.4 Å². The lowest BCUT2D eigenvalue weighted by Gasteiger charge is -2.32. The maximum atomic E-state index is 11.8. The molecule has 5 heteroatoms. The summed E-state index contributed by atoms with van der Waals surface area (Å²) >= 11 is 0. The van der Waals surface area contributed by atoms with Gasteiger partial charge in [0.15, 0.2) is 0 Å². The first-order valence-electron chi connectivity index (χ1n) is 5.70. The summed E-state index contributed by atoms with van der Waals surface area (Å²) in [5.74, 6) is 0.101. The number of hydrogen-bond donors (Lipinski definition) is 1. The highest BCUT2D eigenvalue weighted by Crippen LogP contribution is 1.99. The highest BCUT2D eigenvalue weighted by Gasteiger charge is 2.19. The zero-order valence-electron chi connectivity index (χ0n) is 10.1. The molecular formula is C11H20N4O. The van der Waals surface area contributed by atoms with Crippen LogP contribution in [0.1, 0.15) is 13.3 Å². The van der Waals surface area contributed by atoms with Crippen LogP contribution in [0.2, 0.25) is 0 Å². The minimum atomic E-state index is 0.101. The number of nitriles is 1. The van der Waals surface area contributed by atoms with E-state index in [1.54, 1.807) is 11.9 Å². The molecule has 0 saturated carbocycles. The Hall–Kier alpha value is -1.12. The first-order chi connectivity index (χ1) is 7.63. The molecule has 0 aliphatic carbocycles. The van der Waals surface area contributed by atoms with Gasteiger partial charge in [0.2, 0.25) is 5.91 Å². The fourth-order valence-corrected chi connectivity index (χ4v) is 1.81. The highest BCUT2D eigenvalue weighted by molar-refractivity contribution is 5.78. The van der Waals surface area contributed by atoms with E-state index in [0.29, 0.717) is 25.6 Å². The van der Waals surface area contributed by atoms with Crippen LogP contribution in [0.15, 0.2) is 0 Å². The minimum Gasteiger partial charge on any atom is -0.344 e. The van der Waals surface area contributed by atoms with Crippen molar-refractivity contribution in [1.29, 1.82) is 5.26 Å². The van der Waals surface area contributed by atoms with E-state index in [1.165, 1.54) is 0 Å². The van der Waals surface area contributed by atoms with E-state index in [0.717, 1.165) is 19.6 Å². The number of likely N-dealkylation sites (N-methyl/N-ethyl adjacent to an activating group) is 1. The lowest BCUT2D eigenvalue weighted by molar-refractivity contribution is -0.131. The van der Waals surface area contributed by atoms with Crippen LogP contribution in [0.3, 0.4) is 0 Å². The van der Waals surface area contributed by atoms with E-state index in [2.05, 4.69) is 17.1 Å². The Morgan fingerprint density at radius 2 is 2.44 bits per heavy atom. The third-order valence-electron chi connectivity index (χ3n) is 2.80. The third kappa shape index (κ3) is 4.17. The molecule has 1 amide bonds. The quantitative estimate of drug-likeness (QED) is 0.709. The number of hydrogen-bond acceptors (Lipinski definition) is 4. The second kappa shape index (κ2) is 6.46. The van der Waals surface area contributed by atoms with E-state index in [-0.39, 0.29) is 5.91 Å². The van der Waals surface area contributed by atoms with Gasteiger partial charge < -0.3 is 10.2 Å². The molecule has 16 heavy (non-hydrogen) atoms. The maximum absolute atomic E-state index is 11.8. The van der Waals surface area contributed by atoms with Gasteiger partial charge in [-0.15, -0.1) is 0 Å². The summed E-state index contributed by atoms with van der Waals surface area (Å²) in [6, 6.07) is 2.50. The molecular weight excluding hydrogens is 204 g/mol. The number of piperazine rings is 1. The standard InChI is InChI=1S/C11H20N4O/c1-10-8-15(7-5-13-10)9-11(16)14(2)6-3-4-12/h10,13H,3,5-9H2,1-2H3. The second-order valence-corrected chi connectivity index (χ2v) is 4.31.